The third-order valence-corrected chi connectivity index (χ3v) is 3.99. The van der Waals surface area contributed by atoms with Crippen molar-refractivity contribution in [1.82, 2.24) is 5.32 Å². The Hall–Kier alpha value is -2.04. The number of carbonyl (C=O) groups excluding carboxylic acids is 1. The van der Waals surface area contributed by atoms with E-state index in [4.69, 9.17) is 9.84 Å². The third kappa shape index (κ3) is 3.74. The second kappa shape index (κ2) is 6.61. The van der Waals surface area contributed by atoms with Gasteiger partial charge in [-0.05, 0) is 43.9 Å². The Morgan fingerprint density at radius 3 is 2.67 bits per heavy atom. The fraction of sp³-hybridized carbons (Fsp3) is 0.500. The summed E-state index contributed by atoms with van der Waals surface area (Å²) in [6.45, 7) is 1.92. The van der Waals surface area contributed by atoms with Gasteiger partial charge in [-0.1, -0.05) is 12.1 Å². The number of carboxylic acids is 1. The molecule has 1 aromatic rings. The average Bonchev–Trinajstić information content (AvgIpc) is 2.36. The van der Waals surface area contributed by atoms with E-state index in [-0.39, 0.29) is 17.9 Å². The van der Waals surface area contributed by atoms with Gasteiger partial charge in [0.2, 0.25) is 5.91 Å². The number of benzene rings is 1. The minimum Gasteiger partial charge on any atom is -0.497 e. The molecule has 0 aromatic heterocycles. The van der Waals surface area contributed by atoms with Gasteiger partial charge in [-0.2, -0.15) is 0 Å². The van der Waals surface area contributed by atoms with Crippen molar-refractivity contribution in [3.05, 3.63) is 29.8 Å². The van der Waals surface area contributed by atoms with E-state index in [0.717, 1.165) is 11.3 Å². The Balaban J connectivity index is 1.88. The van der Waals surface area contributed by atoms with Gasteiger partial charge < -0.3 is 15.2 Å². The van der Waals surface area contributed by atoms with Gasteiger partial charge in [0.1, 0.15) is 5.75 Å². The predicted octanol–water partition coefficient (Wildman–Crippen LogP) is 1.85. The van der Waals surface area contributed by atoms with E-state index in [9.17, 15) is 9.59 Å². The lowest BCUT2D eigenvalue weighted by Crippen LogP contribution is -2.47. The molecule has 1 amide bonds. The molecule has 3 unspecified atom stereocenters. The number of methoxy groups -OCH3 is 1. The van der Waals surface area contributed by atoms with Gasteiger partial charge >= 0.3 is 5.97 Å². The minimum atomic E-state index is -0.873. The highest BCUT2D eigenvalue weighted by molar-refractivity contribution is 5.86. The summed E-state index contributed by atoms with van der Waals surface area (Å²) < 4.78 is 5.17. The van der Waals surface area contributed by atoms with Crippen molar-refractivity contribution < 1.29 is 19.4 Å². The van der Waals surface area contributed by atoms with E-state index in [1.165, 1.54) is 0 Å². The number of ether oxygens (including phenoxy) is 1. The molecule has 5 nitrogen and oxygen atoms in total. The number of nitrogens with one attached hydrogen (secondary N) is 1. The maximum Gasteiger partial charge on any atom is 0.307 e. The number of carbonyl (C=O) groups is 2. The Bertz CT molecular complexity index is 529. The zero-order valence-corrected chi connectivity index (χ0v) is 12.3. The maximum absolute atomic E-state index is 12.1. The van der Waals surface area contributed by atoms with Gasteiger partial charge in [0, 0.05) is 6.04 Å². The van der Waals surface area contributed by atoms with E-state index >= 15 is 0 Å². The molecule has 2 rings (SSSR count). The standard InChI is InChI=1S/C16H21NO4/c1-10(8-11-4-3-5-12(9-11)21-2)17-15(18)13-6-7-14(13)16(19)20/h3-5,9-10,13-14H,6-8H2,1-2H3,(H,17,18)(H,19,20). The van der Waals surface area contributed by atoms with Gasteiger partial charge in [0.25, 0.3) is 0 Å². The lowest BCUT2D eigenvalue weighted by Gasteiger charge is -2.33. The van der Waals surface area contributed by atoms with E-state index < -0.39 is 11.9 Å². The van der Waals surface area contributed by atoms with Crippen LogP contribution in [0.3, 0.4) is 0 Å². The summed E-state index contributed by atoms with van der Waals surface area (Å²) >= 11 is 0. The Morgan fingerprint density at radius 1 is 1.38 bits per heavy atom. The molecule has 0 spiro atoms. The molecule has 2 N–H and O–H groups in total. The highest BCUT2D eigenvalue weighted by Gasteiger charge is 2.41. The molecular formula is C16H21NO4. The van der Waals surface area contributed by atoms with Gasteiger partial charge in [-0.25, -0.2) is 0 Å². The highest BCUT2D eigenvalue weighted by atomic mass is 16.5. The highest BCUT2D eigenvalue weighted by Crippen LogP contribution is 2.34. The minimum absolute atomic E-state index is 0.0420. The molecule has 1 aromatic carbocycles. The fourth-order valence-corrected chi connectivity index (χ4v) is 2.66. The quantitative estimate of drug-likeness (QED) is 0.838. The number of hydrogen-bond acceptors (Lipinski definition) is 3. The summed E-state index contributed by atoms with van der Waals surface area (Å²) in [5.41, 5.74) is 1.07. The molecule has 1 fully saturated rings. The number of rotatable bonds is 6. The second-order valence-corrected chi connectivity index (χ2v) is 5.59. The van der Waals surface area contributed by atoms with E-state index in [1.54, 1.807) is 7.11 Å². The topological polar surface area (TPSA) is 75.6 Å². The largest absolute Gasteiger partial charge is 0.497 e. The first-order chi connectivity index (χ1) is 10.0. The molecule has 0 saturated heterocycles. The normalized spacial score (nSPS) is 22.0. The number of hydrogen-bond donors (Lipinski definition) is 2. The summed E-state index contributed by atoms with van der Waals surface area (Å²) in [5, 5.41) is 11.9. The van der Waals surface area contributed by atoms with Crippen molar-refractivity contribution in [3.63, 3.8) is 0 Å². The van der Waals surface area contributed by atoms with Gasteiger partial charge in [-0.3, -0.25) is 9.59 Å². The summed E-state index contributed by atoms with van der Waals surface area (Å²) in [7, 11) is 1.62. The molecule has 1 aliphatic rings. The molecule has 21 heavy (non-hydrogen) atoms. The first kappa shape index (κ1) is 15.4. The Kier molecular flexibility index (Phi) is 4.83. The zero-order chi connectivity index (χ0) is 15.4. The summed E-state index contributed by atoms with van der Waals surface area (Å²) in [6, 6.07) is 7.66. The van der Waals surface area contributed by atoms with Crippen molar-refractivity contribution in [2.45, 2.75) is 32.2 Å². The Morgan fingerprint density at radius 2 is 2.10 bits per heavy atom. The SMILES string of the molecule is COc1cccc(CC(C)NC(=O)C2CCC2C(=O)O)c1. The van der Waals surface area contributed by atoms with Crippen LogP contribution in [0.5, 0.6) is 5.75 Å². The second-order valence-electron chi connectivity index (χ2n) is 5.59. The van der Waals surface area contributed by atoms with Crippen molar-refractivity contribution in [3.8, 4) is 5.75 Å². The van der Waals surface area contributed by atoms with E-state index in [2.05, 4.69) is 5.32 Å². The molecule has 0 aliphatic heterocycles. The molecule has 0 radical (unpaired) electrons. The van der Waals surface area contributed by atoms with E-state index in [0.29, 0.717) is 19.3 Å². The molecule has 114 valence electrons. The van der Waals surface area contributed by atoms with Gasteiger partial charge in [0.15, 0.2) is 0 Å². The van der Waals surface area contributed by atoms with Crippen LogP contribution < -0.4 is 10.1 Å². The Labute approximate surface area is 124 Å². The van der Waals surface area contributed by atoms with E-state index in [1.807, 2.05) is 31.2 Å². The van der Waals surface area contributed by atoms with Crippen LogP contribution in [0.1, 0.15) is 25.3 Å². The van der Waals surface area contributed by atoms with Crippen LogP contribution in [0.15, 0.2) is 24.3 Å². The predicted molar refractivity (Wildman–Crippen MR) is 78.2 cm³/mol. The van der Waals surface area contributed by atoms with Crippen LogP contribution in [0, 0.1) is 11.8 Å². The van der Waals surface area contributed by atoms with Crippen molar-refractivity contribution in [2.75, 3.05) is 7.11 Å². The maximum atomic E-state index is 12.1. The first-order valence-corrected chi connectivity index (χ1v) is 7.17. The molecule has 5 heteroatoms. The van der Waals surface area contributed by atoms with Crippen molar-refractivity contribution in [2.24, 2.45) is 11.8 Å². The lowest BCUT2D eigenvalue weighted by molar-refractivity contribution is -0.152. The molecule has 0 bridgehead atoms. The summed E-state index contributed by atoms with van der Waals surface area (Å²) in [6.07, 6.45) is 1.94. The van der Waals surface area contributed by atoms with Gasteiger partial charge in [0.05, 0.1) is 18.9 Å². The summed E-state index contributed by atoms with van der Waals surface area (Å²) in [4.78, 5) is 23.0. The van der Waals surface area contributed by atoms with Crippen LogP contribution in [-0.4, -0.2) is 30.1 Å². The molecule has 3 atom stereocenters. The lowest BCUT2D eigenvalue weighted by atomic mass is 9.73. The smallest absolute Gasteiger partial charge is 0.307 e. The van der Waals surface area contributed by atoms with Crippen LogP contribution in [0.4, 0.5) is 0 Å². The van der Waals surface area contributed by atoms with Crippen LogP contribution >= 0.6 is 0 Å². The number of amides is 1. The molecular weight excluding hydrogens is 270 g/mol. The van der Waals surface area contributed by atoms with Crippen LogP contribution in [-0.2, 0) is 16.0 Å². The fourth-order valence-electron chi connectivity index (χ4n) is 2.66. The van der Waals surface area contributed by atoms with Gasteiger partial charge in [-0.15, -0.1) is 0 Å². The van der Waals surface area contributed by atoms with Crippen LogP contribution in [0.25, 0.3) is 0 Å². The molecule has 1 aliphatic carbocycles. The zero-order valence-electron chi connectivity index (χ0n) is 12.3. The first-order valence-electron chi connectivity index (χ1n) is 7.17. The third-order valence-electron chi connectivity index (χ3n) is 3.99. The van der Waals surface area contributed by atoms with Crippen LogP contribution in [0.2, 0.25) is 0 Å². The van der Waals surface area contributed by atoms with Crippen molar-refractivity contribution in [1.29, 1.82) is 0 Å². The van der Waals surface area contributed by atoms with Crippen molar-refractivity contribution >= 4 is 11.9 Å². The average molecular weight is 291 g/mol. The monoisotopic (exact) mass is 291 g/mol. The summed E-state index contributed by atoms with van der Waals surface area (Å²) in [5.74, 6) is -1.13. The molecule has 0 heterocycles. The number of carboxylic acid groups (broad SMARTS) is 1. The number of aliphatic carboxylic acids is 1. The molecule has 1 saturated carbocycles.